The molecule has 0 N–H and O–H groups in total. The van der Waals surface area contributed by atoms with E-state index in [9.17, 15) is 4.79 Å². The Morgan fingerprint density at radius 1 is 1.12 bits per heavy atom. The molecule has 0 unspecified atom stereocenters. The summed E-state index contributed by atoms with van der Waals surface area (Å²) in [5.41, 5.74) is -0.471. The van der Waals surface area contributed by atoms with Crippen LogP contribution in [-0.4, -0.2) is 46.3 Å². The molecule has 0 fully saturated rings. The molecule has 0 aliphatic rings. The van der Waals surface area contributed by atoms with E-state index in [1.807, 2.05) is 20.8 Å². The second-order valence-corrected chi connectivity index (χ2v) is 4.36. The third-order valence-electron chi connectivity index (χ3n) is 1.85. The Hall–Kier alpha value is -0.650. The largest absolute Gasteiger partial charge is 0.463 e. The molecule has 0 heterocycles. The average Bonchev–Trinajstić information content (AvgIpc) is 2.21. The van der Waals surface area contributed by atoms with Gasteiger partial charge in [0.05, 0.1) is 18.6 Å². The van der Waals surface area contributed by atoms with Crippen LogP contribution >= 0.6 is 0 Å². The fourth-order valence-electron chi connectivity index (χ4n) is 0.822. The zero-order valence-corrected chi connectivity index (χ0v) is 10.7. The van der Waals surface area contributed by atoms with Gasteiger partial charge in [0.15, 0.2) is 6.29 Å². The van der Waals surface area contributed by atoms with Crippen LogP contribution in [0.1, 0.15) is 20.8 Å². The highest BCUT2D eigenvalue weighted by Crippen LogP contribution is 2.14. The van der Waals surface area contributed by atoms with Crippen molar-refractivity contribution >= 4 is 5.97 Å². The predicted molar refractivity (Wildman–Crippen MR) is 59.0 cm³/mol. The lowest BCUT2D eigenvalue weighted by Gasteiger charge is -2.17. The van der Waals surface area contributed by atoms with E-state index < -0.39 is 5.41 Å². The molecule has 0 aromatic heterocycles. The van der Waals surface area contributed by atoms with Gasteiger partial charge < -0.3 is 18.9 Å². The van der Waals surface area contributed by atoms with Gasteiger partial charge in [-0.2, -0.15) is 0 Å². The maximum absolute atomic E-state index is 11.3. The first-order chi connectivity index (χ1) is 7.41. The minimum atomic E-state index is -0.471. The fraction of sp³-hybridized carbons (Fsp3) is 0.909. The summed E-state index contributed by atoms with van der Waals surface area (Å²) in [5, 5.41) is 0. The van der Waals surface area contributed by atoms with Crippen LogP contribution in [0.2, 0.25) is 0 Å². The van der Waals surface area contributed by atoms with E-state index in [2.05, 4.69) is 0 Å². The van der Waals surface area contributed by atoms with Crippen molar-refractivity contribution in [2.45, 2.75) is 27.1 Å². The van der Waals surface area contributed by atoms with Crippen molar-refractivity contribution < 1.29 is 23.7 Å². The lowest BCUT2D eigenvalue weighted by molar-refractivity contribution is -0.159. The number of methoxy groups -OCH3 is 2. The molecule has 0 aromatic carbocycles. The van der Waals surface area contributed by atoms with Crippen molar-refractivity contribution in [3.8, 4) is 0 Å². The van der Waals surface area contributed by atoms with E-state index >= 15 is 0 Å². The summed E-state index contributed by atoms with van der Waals surface area (Å²) in [5.74, 6) is -0.230. The van der Waals surface area contributed by atoms with Crippen molar-refractivity contribution in [1.29, 1.82) is 0 Å². The van der Waals surface area contributed by atoms with E-state index in [-0.39, 0.29) is 18.9 Å². The monoisotopic (exact) mass is 234 g/mol. The van der Waals surface area contributed by atoms with E-state index in [1.165, 1.54) is 14.2 Å². The Morgan fingerprint density at radius 3 is 2.12 bits per heavy atom. The van der Waals surface area contributed by atoms with E-state index in [0.717, 1.165) is 0 Å². The maximum Gasteiger partial charge on any atom is 0.311 e. The second kappa shape index (κ2) is 7.60. The van der Waals surface area contributed by atoms with Crippen LogP contribution in [0.4, 0.5) is 0 Å². The molecule has 96 valence electrons. The van der Waals surface area contributed by atoms with Gasteiger partial charge in [-0.1, -0.05) is 0 Å². The Labute approximate surface area is 97.0 Å². The lowest BCUT2D eigenvalue weighted by Crippen LogP contribution is -2.26. The third-order valence-corrected chi connectivity index (χ3v) is 1.85. The molecule has 0 rings (SSSR count). The molecule has 0 saturated heterocycles. The Morgan fingerprint density at radius 2 is 1.69 bits per heavy atom. The van der Waals surface area contributed by atoms with Crippen LogP contribution in [0.15, 0.2) is 0 Å². The lowest BCUT2D eigenvalue weighted by atomic mass is 9.97. The fourth-order valence-corrected chi connectivity index (χ4v) is 0.822. The zero-order chi connectivity index (χ0) is 12.6. The van der Waals surface area contributed by atoms with Crippen LogP contribution in [0, 0.1) is 5.41 Å². The summed E-state index contributed by atoms with van der Waals surface area (Å²) in [6.07, 6.45) is -0.377. The number of hydrogen-bond donors (Lipinski definition) is 0. The van der Waals surface area contributed by atoms with Gasteiger partial charge in [-0.15, -0.1) is 0 Å². The van der Waals surface area contributed by atoms with Gasteiger partial charge in [0.25, 0.3) is 0 Å². The van der Waals surface area contributed by atoms with Gasteiger partial charge in [-0.3, -0.25) is 4.79 Å². The maximum atomic E-state index is 11.3. The molecule has 5 heteroatoms. The SMILES string of the molecule is COC(COCCOC(=O)C(C)(C)C)OC. The molecular weight excluding hydrogens is 212 g/mol. The highest BCUT2D eigenvalue weighted by molar-refractivity contribution is 5.75. The molecule has 0 atom stereocenters. The third kappa shape index (κ3) is 6.76. The van der Waals surface area contributed by atoms with E-state index in [0.29, 0.717) is 13.2 Å². The van der Waals surface area contributed by atoms with Crippen molar-refractivity contribution in [2.75, 3.05) is 34.0 Å². The summed E-state index contributed by atoms with van der Waals surface area (Å²) < 4.78 is 20.1. The standard InChI is InChI=1S/C11H22O5/c1-11(2,3)10(12)16-7-6-15-8-9(13-4)14-5/h9H,6-8H2,1-5H3. The van der Waals surface area contributed by atoms with Crippen molar-refractivity contribution in [3.63, 3.8) is 0 Å². The number of rotatable bonds is 7. The molecule has 0 saturated carbocycles. The van der Waals surface area contributed by atoms with E-state index in [1.54, 1.807) is 0 Å². The Bertz CT molecular complexity index is 193. The summed E-state index contributed by atoms with van der Waals surface area (Å²) in [4.78, 5) is 11.3. The molecule has 16 heavy (non-hydrogen) atoms. The zero-order valence-electron chi connectivity index (χ0n) is 10.7. The molecule has 0 aromatic rings. The first kappa shape index (κ1) is 15.3. The van der Waals surface area contributed by atoms with Gasteiger partial charge in [-0.05, 0) is 20.8 Å². The Kier molecular flexibility index (Phi) is 7.29. The van der Waals surface area contributed by atoms with Crippen LogP contribution in [0.25, 0.3) is 0 Å². The number of carbonyl (C=O) groups is 1. The first-order valence-electron chi connectivity index (χ1n) is 5.22. The van der Waals surface area contributed by atoms with Crippen LogP contribution < -0.4 is 0 Å². The van der Waals surface area contributed by atoms with Gasteiger partial charge in [0.1, 0.15) is 6.61 Å². The summed E-state index contributed by atoms with van der Waals surface area (Å²) in [7, 11) is 3.08. The smallest absolute Gasteiger partial charge is 0.311 e. The normalized spacial score (nSPS) is 11.9. The van der Waals surface area contributed by atoms with Gasteiger partial charge >= 0.3 is 5.97 Å². The summed E-state index contributed by atoms with van der Waals surface area (Å²) in [6, 6.07) is 0. The quantitative estimate of drug-likeness (QED) is 0.376. The molecule has 0 bridgehead atoms. The summed E-state index contributed by atoms with van der Waals surface area (Å²) >= 11 is 0. The highest BCUT2D eigenvalue weighted by Gasteiger charge is 2.22. The molecule has 0 aliphatic heterocycles. The van der Waals surface area contributed by atoms with Gasteiger partial charge in [0.2, 0.25) is 0 Å². The van der Waals surface area contributed by atoms with E-state index in [4.69, 9.17) is 18.9 Å². The van der Waals surface area contributed by atoms with Crippen molar-refractivity contribution in [2.24, 2.45) is 5.41 Å². The van der Waals surface area contributed by atoms with Crippen molar-refractivity contribution in [3.05, 3.63) is 0 Å². The van der Waals surface area contributed by atoms with Gasteiger partial charge in [-0.25, -0.2) is 0 Å². The number of ether oxygens (including phenoxy) is 4. The topological polar surface area (TPSA) is 54.0 Å². The van der Waals surface area contributed by atoms with Crippen LogP contribution in [0.3, 0.4) is 0 Å². The van der Waals surface area contributed by atoms with Crippen molar-refractivity contribution in [1.82, 2.24) is 0 Å². The molecule has 0 amide bonds. The number of carbonyl (C=O) groups excluding carboxylic acids is 1. The number of hydrogen-bond acceptors (Lipinski definition) is 5. The minimum Gasteiger partial charge on any atom is -0.463 e. The summed E-state index contributed by atoms with van der Waals surface area (Å²) in [6.45, 7) is 6.33. The highest BCUT2D eigenvalue weighted by atomic mass is 16.7. The molecule has 0 radical (unpaired) electrons. The minimum absolute atomic E-state index is 0.230. The first-order valence-corrected chi connectivity index (χ1v) is 5.22. The Balaban J connectivity index is 3.51. The molecule has 5 nitrogen and oxygen atoms in total. The second-order valence-electron chi connectivity index (χ2n) is 4.36. The van der Waals surface area contributed by atoms with Crippen LogP contribution in [0.5, 0.6) is 0 Å². The average molecular weight is 234 g/mol. The molecule has 0 aliphatic carbocycles. The van der Waals surface area contributed by atoms with Crippen LogP contribution in [-0.2, 0) is 23.7 Å². The predicted octanol–water partition coefficient (Wildman–Crippen LogP) is 1.21. The molecular formula is C11H22O5. The number of esters is 1. The van der Waals surface area contributed by atoms with Gasteiger partial charge in [0, 0.05) is 14.2 Å². The molecule has 0 spiro atoms.